The van der Waals surface area contributed by atoms with Gasteiger partial charge >= 0.3 is 12.1 Å². The molecule has 3 rings (SSSR count). The average Bonchev–Trinajstić information content (AvgIpc) is 2.97. The van der Waals surface area contributed by atoms with E-state index in [1.165, 1.54) is 11.1 Å². The summed E-state index contributed by atoms with van der Waals surface area (Å²) in [6.45, 7) is 12.7. The number of hydrogen-bond donors (Lipinski definition) is 0. The lowest BCUT2D eigenvalue weighted by Crippen LogP contribution is -2.29. The Morgan fingerprint density at radius 3 is 1.23 bits per heavy atom. The molecule has 0 bridgehead atoms. The van der Waals surface area contributed by atoms with E-state index in [0.29, 0.717) is 30.6 Å². The SMILES string of the molecule is CCCc1cc(CCC)c(S(OC(=O)C(F)(F)F)(c2ccccc2)c2c(CCC)cc(CCC)cc2CCC)c(CCC)c1. The number of rotatable bonds is 16. The second-order valence-corrected chi connectivity index (χ2v) is 14.3. The summed E-state index contributed by atoms with van der Waals surface area (Å²) in [7, 11) is -3.16. The lowest BCUT2D eigenvalue weighted by Gasteiger charge is -2.45. The van der Waals surface area contributed by atoms with Gasteiger partial charge < -0.3 is 4.18 Å². The van der Waals surface area contributed by atoms with E-state index in [1.54, 1.807) is 0 Å². The van der Waals surface area contributed by atoms with E-state index >= 15 is 0 Å². The molecule has 0 fully saturated rings. The summed E-state index contributed by atoms with van der Waals surface area (Å²) in [6, 6.07) is 18.0. The smallest absolute Gasteiger partial charge is 0.395 e. The van der Waals surface area contributed by atoms with Crippen LogP contribution in [0, 0.1) is 0 Å². The predicted molar refractivity (Wildman–Crippen MR) is 178 cm³/mol. The van der Waals surface area contributed by atoms with Gasteiger partial charge in [-0.1, -0.05) is 123 Å². The van der Waals surface area contributed by atoms with Crippen molar-refractivity contribution in [1.82, 2.24) is 0 Å². The van der Waals surface area contributed by atoms with Gasteiger partial charge in [0.25, 0.3) is 0 Å². The molecule has 0 aliphatic rings. The highest BCUT2D eigenvalue weighted by atomic mass is 32.3. The highest BCUT2D eigenvalue weighted by Crippen LogP contribution is 2.73. The molecule has 44 heavy (non-hydrogen) atoms. The van der Waals surface area contributed by atoms with E-state index in [4.69, 9.17) is 4.18 Å². The van der Waals surface area contributed by atoms with Gasteiger partial charge in [-0.3, -0.25) is 0 Å². The van der Waals surface area contributed by atoms with E-state index in [1.807, 2.05) is 30.3 Å². The molecular formula is C38H51F3O2S. The molecule has 3 aromatic rings. The highest BCUT2D eigenvalue weighted by Gasteiger charge is 2.49. The standard InChI is InChI=1S/C38H51F3O2S/c1-7-16-28-24-30(18-9-3)35(31(25-28)19-10-4)44(34-22-14-13-15-23-34,43-37(42)38(39,40)41)36-32(20-11-5)26-29(17-8-2)27-33(36)21-12-6/h13-15,22-27H,7-12,16-21H2,1-6H3. The van der Waals surface area contributed by atoms with E-state index in [9.17, 15) is 18.0 Å². The molecule has 0 aliphatic carbocycles. The number of hydrogen-bond acceptors (Lipinski definition) is 2. The van der Waals surface area contributed by atoms with Gasteiger partial charge in [-0.2, -0.15) is 13.2 Å². The first-order chi connectivity index (χ1) is 21.1. The fourth-order valence-electron chi connectivity index (χ4n) is 6.32. The molecule has 0 aromatic heterocycles. The van der Waals surface area contributed by atoms with Crippen molar-refractivity contribution in [2.24, 2.45) is 0 Å². The van der Waals surface area contributed by atoms with Crippen molar-refractivity contribution in [3.63, 3.8) is 0 Å². The molecule has 3 aromatic carbocycles. The maximum absolute atomic E-state index is 14.4. The van der Waals surface area contributed by atoms with Gasteiger partial charge in [-0.25, -0.2) is 4.79 Å². The maximum Gasteiger partial charge on any atom is 0.491 e. The van der Waals surface area contributed by atoms with E-state index < -0.39 is 22.5 Å². The third-order valence-electron chi connectivity index (χ3n) is 7.84. The largest absolute Gasteiger partial charge is 0.491 e. The van der Waals surface area contributed by atoms with Crippen molar-refractivity contribution in [3.8, 4) is 0 Å². The summed E-state index contributed by atoms with van der Waals surface area (Å²) in [5.41, 5.74) is 6.37. The van der Waals surface area contributed by atoms with Gasteiger partial charge in [0.05, 0.1) is 0 Å². The van der Waals surface area contributed by atoms with Crippen LogP contribution < -0.4 is 0 Å². The molecule has 0 N–H and O–H groups in total. The van der Waals surface area contributed by atoms with Crippen LogP contribution in [0.25, 0.3) is 0 Å². The summed E-state index contributed by atoms with van der Waals surface area (Å²) < 4.78 is 49.4. The van der Waals surface area contributed by atoms with Crippen molar-refractivity contribution < 1.29 is 22.1 Å². The lowest BCUT2D eigenvalue weighted by atomic mass is 9.97. The van der Waals surface area contributed by atoms with E-state index in [-0.39, 0.29) is 0 Å². The van der Waals surface area contributed by atoms with Gasteiger partial charge in [0, 0.05) is 14.7 Å². The third-order valence-corrected chi connectivity index (χ3v) is 11.4. The summed E-state index contributed by atoms with van der Waals surface area (Å²) in [4.78, 5) is 15.5. The van der Waals surface area contributed by atoms with Crippen LogP contribution >= 0.6 is 10.3 Å². The van der Waals surface area contributed by atoms with Crippen molar-refractivity contribution in [2.45, 2.75) is 139 Å². The number of alkyl halides is 3. The molecule has 0 saturated heterocycles. The second-order valence-electron chi connectivity index (χ2n) is 11.7. The number of benzene rings is 3. The first-order valence-corrected chi connectivity index (χ1v) is 18.1. The van der Waals surface area contributed by atoms with Crippen molar-refractivity contribution in [2.75, 3.05) is 0 Å². The normalized spacial score (nSPS) is 12.4. The first-order valence-electron chi connectivity index (χ1n) is 16.6. The second kappa shape index (κ2) is 16.5. The maximum atomic E-state index is 14.4. The number of aryl methyl sites for hydroxylation is 6. The van der Waals surface area contributed by atoms with Crippen LogP contribution in [0.15, 0.2) is 69.3 Å². The average molecular weight is 629 g/mol. The molecule has 0 atom stereocenters. The minimum atomic E-state index is -5.14. The fraction of sp³-hybridized carbons (Fsp3) is 0.500. The quantitative estimate of drug-likeness (QED) is 0.158. The molecule has 0 radical (unpaired) electrons. The zero-order valence-electron chi connectivity index (χ0n) is 27.5. The van der Waals surface area contributed by atoms with Gasteiger partial charge in [0.2, 0.25) is 0 Å². The molecular weight excluding hydrogens is 577 g/mol. The molecule has 0 aliphatic heterocycles. The van der Waals surface area contributed by atoms with E-state index in [0.717, 1.165) is 83.4 Å². The Labute approximate surface area is 265 Å². The van der Waals surface area contributed by atoms with Crippen LogP contribution in [0.2, 0.25) is 0 Å². The van der Waals surface area contributed by atoms with Crippen LogP contribution in [0.3, 0.4) is 0 Å². The molecule has 2 nitrogen and oxygen atoms in total. The Morgan fingerprint density at radius 1 is 0.591 bits per heavy atom. The van der Waals surface area contributed by atoms with Crippen LogP contribution in [-0.4, -0.2) is 12.1 Å². The van der Waals surface area contributed by atoms with Crippen LogP contribution in [-0.2, 0) is 47.5 Å². The van der Waals surface area contributed by atoms with Crippen molar-refractivity contribution in [1.29, 1.82) is 0 Å². The Bertz CT molecular complexity index is 1240. The highest BCUT2D eigenvalue weighted by molar-refractivity contribution is 8.30. The van der Waals surface area contributed by atoms with Gasteiger partial charge in [-0.05, 0) is 94.3 Å². The summed E-state index contributed by atoms with van der Waals surface area (Å²) in [5, 5.41) is 0. The zero-order chi connectivity index (χ0) is 32.3. The molecule has 6 heteroatoms. The summed E-state index contributed by atoms with van der Waals surface area (Å²) in [6.07, 6.45) is 4.63. The van der Waals surface area contributed by atoms with Crippen LogP contribution in [0.4, 0.5) is 13.2 Å². The number of halogens is 3. The summed E-state index contributed by atoms with van der Waals surface area (Å²) in [5.74, 6) is -2.12. The molecule has 0 unspecified atom stereocenters. The van der Waals surface area contributed by atoms with Crippen molar-refractivity contribution in [3.05, 3.63) is 88.0 Å². The molecule has 0 amide bonds. The Kier molecular flexibility index (Phi) is 13.4. The minimum Gasteiger partial charge on any atom is -0.395 e. The Balaban J connectivity index is 2.71. The predicted octanol–water partition coefficient (Wildman–Crippen LogP) is 11.7. The zero-order valence-corrected chi connectivity index (χ0v) is 28.4. The van der Waals surface area contributed by atoms with Crippen LogP contribution in [0.5, 0.6) is 0 Å². The van der Waals surface area contributed by atoms with E-state index in [2.05, 4.69) is 65.8 Å². The molecule has 0 saturated carbocycles. The number of carbonyl (C=O) groups is 1. The Morgan fingerprint density at radius 2 is 0.932 bits per heavy atom. The monoisotopic (exact) mass is 628 g/mol. The Hall–Kier alpha value is -2.73. The van der Waals surface area contributed by atoms with Gasteiger partial charge in [0.15, 0.2) is 0 Å². The molecule has 0 heterocycles. The first kappa shape index (κ1) is 35.7. The van der Waals surface area contributed by atoms with Crippen LogP contribution in [0.1, 0.15) is 113 Å². The van der Waals surface area contributed by atoms with Crippen molar-refractivity contribution >= 4 is 16.3 Å². The fourth-order valence-corrected chi connectivity index (χ4v) is 10.2. The van der Waals surface area contributed by atoms with Gasteiger partial charge in [0.1, 0.15) is 0 Å². The minimum absolute atomic E-state index is 0.633. The molecule has 0 spiro atoms. The molecule has 242 valence electrons. The lowest BCUT2D eigenvalue weighted by molar-refractivity contribution is -0.188. The summed E-state index contributed by atoms with van der Waals surface area (Å²) >= 11 is 0. The number of carbonyl (C=O) groups excluding carboxylic acids is 1. The van der Waals surface area contributed by atoms with Gasteiger partial charge in [-0.15, -0.1) is 0 Å². The topological polar surface area (TPSA) is 26.3 Å². The third kappa shape index (κ3) is 8.10.